The Hall–Kier alpha value is -2.90. The summed E-state index contributed by atoms with van der Waals surface area (Å²) in [6, 6.07) is 9.57. The zero-order valence-corrected chi connectivity index (χ0v) is 19.6. The number of carbonyl (C=O) groups is 2. The second-order valence-corrected chi connectivity index (χ2v) is 8.22. The van der Waals surface area contributed by atoms with Crippen LogP contribution in [0.2, 0.25) is 0 Å². The Morgan fingerprint density at radius 3 is 2.19 bits per heavy atom. The van der Waals surface area contributed by atoms with E-state index in [9.17, 15) is 9.59 Å². The molecule has 7 nitrogen and oxygen atoms in total. The van der Waals surface area contributed by atoms with Gasteiger partial charge in [0.2, 0.25) is 0 Å². The molecule has 2 heterocycles. The van der Waals surface area contributed by atoms with Gasteiger partial charge in [0.25, 0.3) is 0 Å². The average molecular weight is 442 g/mol. The Morgan fingerprint density at radius 2 is 1.59 bits per heavy atom. The van der Waals surface area contributed by atoms with Gasteiger partial charge in [0, 0.05) is 24.8 Å². The molecule has 0 amide bonds. The first-order chi connectivity index (χ1) is 15.2. The average Bonchev–Trinajstić information content (AvgIpc) is 3.08. The van der Waals surface area contributed by atoms with Gasteiger partial charge in [-0.2, -0.15) is 0 Å². The van der Waals surface area contributed by atoms with E-state index in [4.69, 9.17) is 18.9 Å². The van der Waals surface area contributed by atoms with E-state index in [0.29, 0.717) is 24.3 Å². The molecule has 0 N–H and O–H groups in total. The van der Waals surface area contributed by atoms with E-state index in [2.05, 4.69) is 0 Å². The van der Waals surface area contributed by atoms with Crippen molar-refractivity contribution in [3.63, 3.8) is 0 Å². The molecule has 0 aliphatic carbocycles. The van der Waals surface area contributed by atoms with Gasteiger partial charge in [-0.15, -0.1) is 0 Å². The number of pyridine rings is 1. The maximum absolute atomic E-state index is 13.5. The fourth-order valence-corrected chi connectivity index (χ4v) is 3.72. The smallest absolute Gasteiger partial charge is 0.355 e. The third-order valence-corrected chi connectivity index (χ3v) is 4.81. The lowest BCUT2D eigenvalue weighted by Crippen LogP contribution is -2.25. The maximum atomic E-state index is 13.5. The van der Waals surface area contributed by atoms with Crippen molar-refractivity contribution < 1.29 is 28.5 Å². The number of hydrogen-bond donors (Lipinski definition) is 0. The van der Waals surface area contributed by atoms with Gasteiger partial charge in [-0.1, -0.05) is 24.3 Å². The van der Waals surface area contributed by atoms with E-state index < -0.39 is 23.8 Å². The SMILES string of the molecule is CCOC(=O)c1c(C(OCC)OCC)c(C(=O)OC(C)(C)C)c2c3ccccc3ccn12. The predicted molar refractivity (Wildman–Crippen MR) is 122 cm³/mol. The van der Waals surface area contributed by atoms with Crippen LogP contribution >= 0.6 is 0 Å². The molecule has 32 heavy (non-hydrogen) atoms. The Balaban J connectivity index is 2.48. The Labute approximate surface area is 188 Å². The van der Waals surface area contributed by atoms with Crippen LogP contribution in [-0.4, -0.2) is 41.8 Å². The van der Waals surface area contributed by atoms with E-state index in [1.165, 1.54) is 0 Å². The molecule has 0 saturated carbocycles. The van der Waals surface area contributed by atoms with Crippen molar-refractivity contribution in [3.05, 3.63) is 53.3 Å². The number of carbonyl (C=O) groups excluding carboxylic acids is 2. The van der Waals surface area contributed by atoms with Crippen molar-refractivity contribution in [1.29, 1.82) is 0 Å². The predicted octanol–water partition coefficient (Wildman–Crippen LogP) is 5.30. The van der Waals surface area contributed by atoms with Crippen molar-refractivity contribution in [3.8, 4) is 0 Å². The third-order valence-electron chi connectivity index (χ3n) is 4.81. The van der Waals surface area contributed by atoms with Crippen LogP contribution in [0.5, 0.6) is 0 Å². The molecule has 7 heteroatoms. The second-order valence-electron chi connectivity index (χ2n) is 8.22. The van der Waals surface area contributed by atoms with E-state index in [-0.39, 0.29) is 17.9 Å². The van der Waals surface area contributed by atoms with E-state index in [0.717, 1.165) is 10.8 Å². The summed E-state index contributed by atoms with van der Waals surface area (Å²) in [6.45, 7) is 11.6. The molecule has 0 saturated heterocycles. The van der Waals surface area contributed by atoms with E-state index in [1.54, 1.807) is 38.3 Å². The van der Waals surface area contributed by atoms with Crippen LogP contribution in [-0.2, 0) is 18.9 Å². The minimum atomic E-state index is -0.939. The van der Waals surface area contributed by atoms with Gasteiger partial charge in [0.1, 0.15) is 11.3 Å². The molecule has 0 spiro atoms. The van der Waals surface area contributed by atoms with Gasteiger partial charge in [-0.3, -0.25) is 0 Å². The summed E-state index contributed by atoms with van der Waals surface area (Å²) in [5, 5.41) is 1.73. The van der Waals surface area contributed by atoms with Crippen LogP contribution in [0.4, 0.5) is 0 Å². The molecule has 0 unspecified atom stereocenters. The van der Waals surface area contributed by atoms with Crippen LogP contribution in [0.3, 0.4) is 0 Å². The number of aromatic nitrogens is 1. The number of hydrogen-bond acceptors (Lipinski definition) is 6. The molecule has 0 aliphatic heterocycles. The molecule has 172 valence electrons. The number of rotatable bonds is 8. The summed E-state index contributed by atoms with van der Waals surface area (Å²) in [7, 11) is 0. The lowest BCUT2D eigenvalue weighted by molar-refractivity contribution is -0.141. The topological polar surface area (TPSA) is 75.5 Å². The maximum Gasteiger partial charge on any atom is 0.355 e. The summed E-state index contributed by atoms with van der Waals surface area (Å²) in [5.74, 6) is -1.12. The monoisotopic (exact) mass is 441 g/mol. The lowest BCUT2D eigenvalue weighted by Gasteiger charge is -2.22. The van der Waals surface area contributed by atoms with Gasteiger partial charge in [-0.25, -0.2) is 9.59 Å². The van der Waals surface area contributed by atoms with E-state index >= 15 is 0 Å². The first kappa shape index (κ1) is 23.8. The zero-order valence-electron chi connectivity index (χ0n) is 19.6. The molecule has 0 radical (unpaired) electrons. The van der Waals surface area contributed by atoms with Crippen molar-refractivity contribution in [2.24, 2.45) is 0 Å². The second kappa shape index (κ2) is 9.71. The highest BCUT2D eigenvalue weighted by molar-refractivity contribution is 6.12. The van der Waals surface area contributed by atoms with Gasteiger partial charge in [0.05, 0.1) is 23.3 Å². The normalized spacial score (nSPS) is 12.0. The highest BCUT2D eigenvalue weighted by Gasteiger charge is 2.36. The summed E-state index contributed by atoms with van der Waals surface area (Å²) in [6.07, 6.45) is 0.821. The molecular formula is C25H31NO6. The number of nitrogens with zero attached hydrogens (tertiary/aromatic N) is 1. The molecule has 2 aromatic heterocycles. The molecule has 3 rings (SSSR count). The van der Waals surface area contributed by atoms with Gasteiger partial charge in [0.15, 0.2) is 6.29 Å². The largest absolute Gasteiger partial charge is 0.461 e. The quantitative estimate of drug-likeness (QED) is 0.349. The fraction of sp³-hybridized carbons (Fsp3) is 0.440. The van der Waals surface area contributed by atoms with Crippen LogP contribution < -0.4 is 0 Å². The summed E-state index contributed by atoms with van der Waals surface area (Å²) in [4.78, 5) is 26.7. The van der Waals surface area contributed by atoms with Gasteiger partial charge in [-0.05, 0) is 53.0 Å². The number of fused-ring (bicyclic) bond motifs is 3. The molecule has 0 bridgehead atoms. The van der Waals surface area contributed by atoms with Crippen molar-refractivity contribution in [2.75, 3.05) is 19.8 Å². The summed E-state index contributed by atoms with van der Waals surface area (Å²) in [5.41, 5.74) is 0.578. The number of esters is 2. The minimum absolute atomic E-state index is 0.189. The highest BCUT2D eigenvalue weighted by Crippen LogP contribution is 2.37. The molecule has 1 aromatic carbocycles. The minimum Gasteiger partial charge on any atom is -0.461 e. The van der Waals surface area contributed by atoms with Crippen molar-refractivity contribution >= 4 is 28.2 Å². The Bertz CT molecular complexity index is 1120. The molecular weight excluding hydrogens is 410 g/mol. The van der Waals surface area contributed by atoms with Crippen LogP contribution in [0.25, 0.3) is 16.3 Å². The molecule has 3 aromatic rings. The zero-order chi connectivity index (χ0) is 23.5. The van der Waals surface area contributed by atoms with Crippen LogP contribution in [0.1, 0.15) is 74.2 Å². The van der Waals surface area contributed by atoms with Gasteiger partial charge >= 0.3 is 11.9 Å². The van der Waals surface area contributed by atoms with Crippen LogP contribution in [0, 0.1) is 0 Å². The first-order valence-electron chi connectivity index (χ1n) is 10.9. The third kappa shape index (κ3) is 4.64. The van der Waals surface area contributed by atoms with Gasteiger partial charge < -0.3 is 23.3 Å². The summed E-state index contributed by atoms with van der Waals surface area (Å²) >= 11 is 0. The Kier molecular flexibility index (Phi) is 7.21. The first-order valence-corrected chi connectivity index (χ1v) is 10.9. The molecule has 0 atom stereocenters. The number of ether oxygens (including phenoxy) is 4. The lowest BCUT2D eigenvalue weighted by atomic mass is 10.0. The highest BCUT2D eigenvalue weighted by atomic mass is 16.7. The summed E-state index contributed by atoms with van der Waals surface area (Å²) < 4.78 is 24.5. The standard InChI is InChI=1S/C25H31NO6/c1-7-29-23(28)21-19(24(30-8-2)31-9-3)18(22(27)32-25(4,5)6)20-17-13-11-10-12-16(17)14-15-26(20)21/h10-15,24H,7-9H2,1-6H3. The Morgan fingerprint density at radius 1 is 0.938 bits per heavy atom. The molecule has 0 fully saturated rings. The fourth-order valence-electron chi connectivity index (χ4n) is 3.72. The number of benzene rings is 1. The van der Waals surface area contributed by atoms with Crippen LogP contribution in [0.15, 0.2) is 36.5 Å². The van der Waals surface area contributed by atoms with E-state index in [1.807, 2.05) is 44.2 Å². The van der Waals surface area contributed by atoms with Crippen molar-refractivity contribution in [2.45, 2.75) is 53.4 Å². The molecule has 0 aliphatic rings. The van der Waals surface area contributed by atoms with Crippen molar-refractivity contribution in [1.82, 2.24) is 4.40 Å².